The third-order valence-corrected chi connectivity index (χ3v) is 14.9. The summed E-state index contributed by atoms with van der Waals surface area (Å²) < 4.78 is 0. The largest absolute Gasteiger partial charge is 0.335 e. The normalized spacial score (nSPS) is 18.2. The van der Waals surface area contributed by atoms with Crippen molar-refractivity contribution in [3.8, 4) is 0 Å². The molecule has 4 saturated heterocycles. The smallest absolute Gasteiger partial charge is 0.277 e. The van der Waals surface area contributed by atoms with Gasteiger partial charge in [0.25, 0.3) is 0 Å². The van der Waals surface area contributed by atoms with Crippen LogP contribution in [-0.4, -0.2) is 81.2 Å². The molecule has 452 valence electrons. The Morgan fingerprint density at radius 3 is 1.01 bits per heavy atom. The summed E-state index contributed by atoms with van der Waals surface area (Å²) in [7, 11) is 0. The summed E-state index contributed by atoms with van der Waals surface area (Å²) in [6.45, 7) is 2.18. The van der Waals surface area contributed by atoms with Crippen LogP contribution < -0.4 is 31.1 Å². The van der Waals surface area contributed by atoms with E-state index < -0.39 is 95.1 Å². The van der Waals surface area contributed by atoms with Gasteiger partial charge in [-0.1, -0.05) is 211 Å². The van der Waals surface area contributed by atoms with Gasteiger partial charge < -0.3 is 0 Å². The summed E-state index contributed by atoms with van der Waals surface area (Å²) in [4.78, 5) is 151. The van der Waals surface area contributed by atoms with E-state index in [0.717, 1.165) is 47.4 Å². The van der Waals surface area contributed by atoms with Gasteiger partial charge in [0.15, 0.2) is 0 Å². The zero-order valence-electron chi connectivity index (χ0n) is 48.1. The van der Waals surface area contributed by atoms with Crippen LogP contribution in [0.1, 0.15) is 50.8 Å². The molecule has 0 spiro atoms. The molecule has 4 N–H and O–H groups in total. The predicted octanol–water partition coefficient (Wildman–Crippen LogP) is 9.32. The molecule has 4 fully saturated rings. The zero-order chi connectivity index (χ0) is 63.8. The van der Waals surface area contributed by atoms with Gasteiger partial charge in [-0.05, 0) is 89.5 Å². The molecular weight excluding hydrogens is 1170 g/mol. The quantitative estimate of drug-likeness (QED) is 0.0834. The van der Waals surface area contributed by atoms with Crippen LogP contribution in [0.4, 0.5) is 30.6 Å². The Hall–Kier alpha value is -11.5. The zero-order valence-corrected chi connectivity index (χ0v) is 48.9. The number of imide groups is 8. The second-order valence-corrected chi connectivity index (χ2v) is 21.3. The van der Waals surface area contributed by atoms with Crippen molar-refractivity contribution in [2.45, 2.75) is 44.7 Å². The highest BCUT2D eigenvalue weighted by Crippen LogP contribution is 2.28. The van der Waals surface area contributed by atoms with Crippen molar-refractivity contribution in [3.05, 3.63) is 274 Å². The topological polar surface area (TPSA) is 266 Å². The molecule has 0 saturated carbocycles. The Morgan fingerprint density at radius 1 is 0.322 bits per heavy atom. The maximum atomic E-state index is 12.7. The minimum absolute atomic E-state index is 0.114. The number of carbonyl (C=O) groups is 12. The Labute approximate surface area is 521 Å². The first kappa shape index (κ1) is 63.0. The van der Waals surface area contributed by atoms with Crippen LogP contribution in [0.15, 0.2) is 231 Å². The van der Waals surface area contributed by atoms with Crippen LogP contribution in [0, 0.1) is 18.8 Å². The molecule has 4 aliphatic rings. The van der Waals surface area contributed by atoms with Crippen molar-refractivity contribution < 1.29 is 57.5 Å². The number of aryl methyl sites for hydroxylation is 1. The first-order valence-corrected chi connectivity index (χ1v) is 28.6. The van der Waals surface area contributed by atoms with Gasteiger partial charge in [0.2, 0.25) is 47.3 Å². The number of rotatable bonds is 12. The van der Waals surface area contributed by atoms with Crippen LogP contribution in [0.2, 0.25) is 5.02 Å². The summed E-state index contributed by atoms with van der Waals surface area (Å²) >= 11 is 5.83. The molecule has 4 aliphatic heterocycles. The number of hydrogen-bond acceptors (Lipinski definition) is 12. The van der Waals surface area contributed by atoms with Crippen LogP contribution in [0.25, 0.3) is 0 Å². The van der Waals surface area contributed by atoms with E-state index in [4.69, 9.17) is 11.6 Å². The lowest BCUT2D eigenvalue weighted by Gasteiger charge is -2.30. The molecule has 0 aromatic heterocycles. The highest BCUT2D eigenvalue weighted by molar-refractivity contribution is 6.31. The van der Waals surface area contributed by atoms with E-state index in [0.29, 0.717) is 27.5 Å². The van der Waals surface area contributed by atoms with Gasteiger partial charge >= 0.3 is 24.1 Å². The number of halogens is 1. The van der Waals surface area contributed by atoms with Crippen molar-refractivity contribution in [2.75, 3.05) is 9.80 Å². The second-order valence-electron chi connectivity index (χ2n) is 20.8. The van der Waals surface area contributed by atoms with Gasteiger partial charge in [-0.2, -0.15) is 0 Å². The summed E-state index contributed by atoms with van der Waals surface area (Å²) in [6, 6.07) is 64.9. The van der Waals surface area contributed by atoms with E-state index >= 15 is 0 Å². The number of amides is 16. The van der Waals surface area contributed by atoms with Gasteiger partial charge in [-0.3, -0.25) is 69.4 Å². The van der Waals surface area contributed by atoms with Gasteiger partial charge in [0.1, 0.15) is 23.7 Å². The average molecular weight is 1230 g/mol. The van der Waals surface area contributed by atoms with Crippen molar-refractivity contribution in [2.24, 2.45) is 11.8 Å². The average Bonchev–Trinajstić information content (AvgIpc) is 1.45. The molecule has 12 rings (SSSR count). The SMILES string of the molecule is Cc1ccc(N2C(=O)NC(=O)C(Cc3ccccc3)C2=O)cc1.O=C1NC(=O)N(Cc2ccccc2)C(=O)C1c1ccc(Cl)cc1.O=C1NC(=O)N(Cc2ccccc2)C(=O)C1c1ccccc1.O=C1NC(=O)N(c2ccccc2)C(=O)C1Cc1ccccc1. The fourth-order valence-electron chi connectivity index (χ4n) is 10.00. The van der Waals surface area contributed by atoms with Gasteiger partial charge in [-0.25, -0.2) is 29.0 Å². The molecule has 0 radical (unpaired) electrons. The molecule has 4 unspecified atom stereocenters. The summed E-state index contributed by atoms with van der Waals surface area (Å²) in [5.74, 6) is -8.16. The third kappa shape index (κ3) is 15.4. The van der Waals surface area contributed by atoms with E-state index in [1.807, 2.05) is 146 Å². The van der Waals surface area contributed by atoms with Gasteiger partial charge in [0, 0.05) is 5.02 Å². The Kier molecular flexibility index (Phi) is 20.5. The fraction of sp³-hybridized carbons (Fsp3) is 0.130. The number of urea groups is 4. The van der Waals surface area contributed by atoms with E-state index in [1.165, 1.54) is 0 Å². The van der Waals surface area contributed by atoms with E-state index in [2.05, 4.69) is 21.3 Å². The standard InChI is InChI=1S/C18H16N2O3.C17H13ClN2O3.2C17H14N2O3/c1-12-7-9-14(10-8-12)20-17(22)15(16(21)19-18(20)23)11-13-5-3-2-4-6-13;18-13-8-6-12(7-9-13)14-15(21)19-17(23)20(16(14)22)10-11-4-2-1-3-5-11;20-15-14(13-9-5-2-6-10-13)16(21)19(17(22)18-15)11-12-7-3-1-4-8-12;20-15-14(11-12-7-3-1-4-8-12)16(21)19(17(22)18-15)13-9-5-2-6-10-13/h2-10,15H,11H2,1H3,(H,19,21,23);1-9,14H,10H2,(H,19,21,23);2*1-10,14H,11H2,(H,18,20,22). The molecular formula is C69H57ClN8O12. The number of anilines is 2. The monoisotopic (exact) mass is 1220 g/mol. The molecule has 20 nitrogen and oxygen atoms in total. The Balaban J connectivity index is 0.000000142. The molecule has 8 aromatic rings. The number of para-hydroxylation sites is 1. The number of barbiturate groups is 4. The number of nitrogens with zero attached hydrogens (tertiary/aromatic N) is 4. The molecule has 0 bridgehead atoms. The summed E-state index contributed by atoms with van der Waals surface area (Å²) in [5, 5.41) is 9.53. The fourth-order valence-corrected chi connectivity index (χ4v) is 10.1. The maximum Gasteiger partial charge on any atom is 0.335 e. The predicted molar refractivity (Wildman–Crippen MR) is 331 cm³/mol. The highest BCUT2D eigenvalue weighted by Gasteiger charge is 2.45. The van der Waals surface area contributed by atoms with Crippen LogP contribution in [-0.2, 0) is 64.3 Å². The highest BCUT2D eigenvalue weighted by atomic mass is 35.5. The number of hydrogen-bond donors (Lipinski definition) is 4. The summed E-state index contributed by atoms with van der Waals surface area (Å²) in [5.41, 5.74) is 6.40. The number of benzene rings is 8. The lowest BCUT2D eigenvalue weighted by Crippen LogP contribution is -2.58. The minimum atomic E-state index is -1.05. The molecule has 4 heterocycles. The van der Waals surface area contributed by atoms with Gasteiger partial charge in [0.05, 0.1) is 24.5 Å². The first-order chi connectivity index (χ1) is 43.4. The Morgan fingerprint density at radius 2 is 0.633 bits per heavy atom. The summed E-state index contributed by atoms with van der Waals surface area (Å²) in [6.07, 6.45) is 0.531. The molecule has 16 amide bonds. The molecule has 21 heteroatoms. The molecule has 90 heavy (non-hydrogen) atoms. The van der Waals surface area contributed by atoms with E-state index in [9.17, 15) is 57.5 Å². The van der Waals surface area contributed by atoms with Crippen molar-refractivity contribution >= 4 is 94.4 Å². The van der Waals surface area contributed by atoms with E-state index in [-0.39, 0.29) is 25.9 Å². The van der Waals surface area contributed by atoms with Crippen molar-refractivity contribution in [3.63, 3.8) is 0 Å². The lowest BCUT2D eigenvalue weighted by molar-refractivity contribution is -0.140. The van der Waals surface area contributed by atoms with E-state index in [1.54, 1.807) is 91.0 Å². The van der Waals surface area contributed by atoms with Crippen LogP contribution >= 0.6 is 11.6 Å². The molecule has 0 aliphatic carbocycles. The number of nitrogens with one attached hydrogen (secondary N) is 4. The Bertz CT molecular complexity index is 3720. The third-order valence-electron chi connectivity index (χ3n) is 14.6. The maximum absolute atomic E-state index is 12.7. The molecule has 8 aromatic carbocycles. The van der Waals surface area contributed by atoms with Crippen LogP contribution in [0.3, 0.4) is 0 Å². The minimum Gasteiger partial charge on any atom is -0.277 e. The second kappa shape index (κ2) is 29.3. The van der Waals surface area contributed by atoms with Crippen molar-refractivity contribution in [1.29, 1.82) is 0 Å². The van der Waals surface area contributed by atoms with Crippen molar-refractivity contribution in [1.82, 2.24) is 31.1 Å². The molecule has 4 atom stereocenters. The first-order valence-electron chi connectivity index (χ1n) is 28.2. The number of carbonyl (C=O) groups excluding carboxylic acids is 12. The lowest BCUT2D eigenvalue weighted by atomic mass is 9.95. The van der Waals surface area contributed by atoms with Gasteiger partial charge in [-0.15, -0.1) is 0 Å². The van der Waals surface area contributed by atoms with Crippen LogP contribution in [0.5, 0.6) is 0 Å².